The highest BCUT2D eigenvalue weighted by Crippen LogP contribution is 2.23. The molecule has 1 N–H and O–H groups in total. The number of benzene rings is 2. The summed E-state index contributed by atoms with van der Waals surface area (Å²) in [5.41, 5.74) is 4.93. The van der Waals surface area contributed by atoms with Crippen LogP contribution < -0.4 is 10.2 Å². The van der Waals surface area contributed by atoms with E-state index in [1.165, 1.54) is 12.1 Å². The van der Waals surface area contributed by atoms with Crippen LogP contribution in [0.15, 0.2) is 47.2 Å². The highest BCUT2D eigenvalue weighted by Gasteiger charge is 2.11. The number of aryl methyl sites for hydroxylation is 1. The van der Waals surface area contributed by atoms with Gasteiger partial charge in [0.15, 0.2) is 12.0 Å². The lowest BCUT2D eigenvalue weighted by Gasteiger charge is -2.22. The minimum atomic E-state index is -0.154. The first-order chi connectivity index (χ1) is 11.6. The maximum Gasteiger partial charge on any atom is 0.255 e. The highest BCUT2D eigenvalue weighted by atomic mass is 16.3. The monoisotopic (exact) mass is 323 g/mol. The van der Waals surface area contributed by atoms with Gasteiger partial charge in [-0.1, -0.05) is 0 Å². The van der Waals surface area contributed by atoms with E-state index in [4.69, 9.17) is 4.42 Å². The first kappa shape index (κ1) is 16.1. The summed E-state index contributed by atoms with van der Waals surface area (Å²) in [5, 5.41) is 2.97. The molecule has 0 aliphatic rings. The molecule has 0 unspecified atom stereocenters. The number of hydrogen-bond donors (Lipinski definition) is 1. The van der Waals surface area contributed by atoms with Gasteiger partial charge in [-0.05, 0) is 62.7 Å². The third-order valence-electron chi connectivity index (χ3n) is 4.18. The summed E-state index contributed by atoms with van der Waals surface area (Å²) in [7, 11) is 0. The molecule has 3 aromatic rings. The lowest BCUT2D eigenvalue weighted by Crippen LogP contribution is -2.22. The van der Waals surface area contributed by atoms with E-state index in [0.29, 0.717) is 16.7 Å². The van der Waals surface area contributed by atoms with Gasteiger partial charge in [-0.2, -0.15) is 0 Å². The van der Waals surface area contributed by atoms with Gasteiger partial charge in [0.2, 0.25) is 0 Å². The average molecular weight is 323 g/mol. The Labute approximate surface area is 141 Å². The van der Waals surface area contributed by atoms with E-state index >= 15 is 0 Å². The molecule has 1 amide bonds. The van der Waals surface area contributed by atoms with Crippen molar-refractivity contribution in [2.75, 3.05) is 23.3 Å². The van der Waals surface area contributed by atoms with E-state index in [1.54, 1.807) is 18.2 Å². The number of nitrogens with zero attached hydrogens (tertiary/aromatic N) is 2. The number of amides is 1. The molecule has 24 heavy (non-hydrogen) atoms. The minimum absolute atomic E-state index is 0.154. The topological polar surface area (TPSA) is 58.4 Å². The molecule has 0 aliphatic heterocycles. The van der Waals surface area contributed by atoms with E-state index in [-0.39, 0.29) is 5.91 Å². The molecule has 0 saturated carbocycles. The summed E-state index contributed by atoms with van der Waals surface area (Å²) in [4.78, 5) is 18.8. The molecule has 5 nitrogen and oxygen atoms in total. The van der Waals surface area contributed by atoms with Crippen molar-refractivity contribution in [1.82, 2.24) is 4.98 Å². The summed E-state index contributed by atoms with van der Waals surface area (Å²) < 4.78 is 5.20. The van der Waals surface area contributed by atoms with Gasteiger partial charge in [0, 0.05) is 30.0 Å². The molecule has 2 aromatic carbocycles. The van der Waals surface area contributed by atoms with Gasteiger partial charge in [0.05, 0.1) is 0 Å². The average Bonchev–Trinajstić information content (AvgIpc) is 3.05. The van der Waals surface area contributed by atoms with Gasteiger partial charge in [-0.15, -0.1) is 0 Å². The standard InChI is InChI=1S/C19H21N3O2/c1-4-22(5-2)15-7-8-16(13(3)10-15)21-19(23)14-6-9-18-17(11-14)20-12-24-18/h6-12H,4-5H2,1-3H3,(H,21,23). The summed E-state index contributed by atoms with van der Waals surface area (Å²) in [5.74, 6) is -0.154. The number of carbonyl (C=O) groups is 1. The summed E-state index contributed by atoms with van der Waals surface area (Å²) >= 11 is 0. The van der Waals surface area contributed by atoms with Crippen molar-refractivity contribution in [3.63, 3.8) is 0 Å². The molecule has 0 saturated heterocycles. The summed E-state index contributed by atoms with van der Waals surface area (Å²) in [6, 6.07) is 11.3. The highest BCUT2D eigenvalue weighted by molar-refractivity contribution is 6.06. The molecule has 0 bridgehead atoms. The first-order valence-corrected chi connectivity index (χ1v) is 8.12. The van der Waals surface area contributed by atoms with Crippen molar-refractivity contribution >= 4 is 28.4 Å². The fourth-order valence-electron chi connectivity index (χ4n) is 2.77. The molecule has 1 heterocycles. The number of hydrogen-bond acceptors (Lipinski definition) is 4. The Bertz CT molecular complexity index is 866. The van der Waals surface area contributed by atoms with Crippen LogP contribution in [0.25, 0.3) is 11.1 Å². The van der Waals surface area contributed by atoms with Crippen LogP contribution in [-0.2, 0) is 0 Å². The zero-order valence-electron chi connectivity index (χ0n) is 14.2. The number of aromatic nitrogens is 1. The third kappa shape index (κ3) is 3.11. The summed E-state index contributed by atoms with van der Waals surface area (Å²) in [6.45, 7) is 8.19. The number of oxazole rings is 1. The van der Waals surface area contributed by atoms with Gasteiger partial charge >= 0.3 is 0 Å². The van der Waals surface area contributed by atoms with Crippen molar-refractivity contribution in [2.45, 2.75) is 20.8 Å². The number of nitrogens with one attached hydrogen (secondary N) is 1. The number of anilines is 2. The van der Waals surface area contributed by atoms with Crippen LogP contribution >= 0.6 is 0 Å². The van der Waals surface area contributed by atoms with Crippen LogP contribution in [-0.4, -0.2) is 24.0 Å². The number of rotatable bonds is 5. The molecular formula is C19H21N3O2. The van der Waals surface area contributed by atoms with Crippen molar-refractivity contribution in [2.24, 2.45) is 0 Å². The lowest BCUT2D eigenvalue weighted by molar-refractivity contribution is 0.102. The van der Waals surface area contributed by atoms with Crippen molar-refractivity contribution < 1.29 is 9.21 Å². The van der Waals surface area contributed by atoms with Crippen LogP contribution in [0, 0.1) is 6.92 Å². The Morgan fingerprint density at radius 2 is 1.96 bits per heavy atom. The second-order valence-corrected chi connectivity index (χ2v) is 5.66. The zero-order chi connectivity index (χ0) is 17.1. The predicted octanol–water partition coefficient (Wildman–Crippen LogP) is 4.23. The fraction of sp³-hybridized carbons (Fsp3) is 0.263. The van der Waals surface area contributed by atoms with Crippen LogP contribution in [0.2, 0.25) is 0 Å². The normalized spacial score (nSPS) is 10.8. The van der Waals surface area contributed by atoms with Gasteiger partial charge in [0.25, 0.3) is 5.91 Å². The van der Waals surface area contributed by atoms with E-state index in [2.05, 4.69) is 35.1 Å². The zero-order valence-corrected chi connectivity index (χ0v) is 14.2. The van der Waals surface area contributed by atoms with Gasteiger partial charge in [-0.3, -0.25) is 4.79 Å². The smallest absolute Gasteiger partial charge is 0.255 e. The third-order valence-corrected chi connectivity index (χ3v) is 4.18. The Balaban J connectivity index is 1.80. The maximum atomic E-state index is 12.5. The maximum absolute atomic E-state index is 12.5. The largest absolute Gasteiger partial charge is 0.443 e. The van der Waals surface area contributed by atoms with Crippen molar-refractivity contribution in [3.05, 3.63) is 53.9 Å². The molecule has 0 fully saturated rings. The van der Waals surface area contributed by atoms with Crippen LogP contribution in [0.5, 0.6) is 0 Å². The first-order valence-electron chi connectivity index (χ1n) is 8.12. The van der Waals surface area contributed by atoms with E-state index < -0.39 is 0 Å². The second-order valence-electron chi connectivity index (χ2n) is 5.66. The van der Waals surface area contributed by atoms with Crippen LogP contribution in [0.1, 0.15) is 29.8 Å². The summed E-state index contributed by atoms with van der Waals surface area (Å²) in [6.07, 6.45) is 1.38. The van der Waals surface area contributed by atoms with Crippen LogP contribution in [0.4, 0.5) is 11.4 Å². The van der Waals surface area contributed by atoms with Crippen LogP contribution in [0.3, 0.4) is 0 Å². The number of carbonyl (C=O) groups excluding carboxylic acids is 1. The predicted molar refractivity (Wildman–Crippen MR) is 96.7 cm³/mol. The Kier molecular flexibility index (Phi) is 4.51. The van der Waals surface area contributed by atoms with E-state index in [9.17, 15) is 4.79 Å². The quantitative estimate of drug-likeness (QED) is 0.763. The van der Waals surface area contributed by atoms with Gasteiger partial charge in [-0.25, -0.2) is 4.98 Å². The van der Waals surface area contributed by atoms with Crippen molar-refractivity contribution in [1.29, 1.82) is 0 Å². The molecule has 3 rings (SSSR count). The molecule has 1 aromatic heterocycles. The van der Waals surface area contributed by atoms with E-state index in [0.717, 1.165) is 24.3 Å². The second kappa shape index (κ2) is 6.74. The Hall–Kier alpha value is -2.82. The van der Waals surface area contributed by atoms with Gasteiger partial charge < -0.3 is 14.6 Å². The molecule has 124 valence electrons. The van der Waals surface area contributed by atoms with Gasteiger partial charge in [0.1, 0.15) is 5.52 Å². The minimum Gasteiger partial charge on any atom is -0.443 e. The molecule has 0 atom stereocenters. The molecule has 0 radical (unpaired) electrons. The Morgan fingerprint density at radius 3 is 2.67 bits per heavy atom. The molecular weight excluding hydrogens is 302 g/mol. The lowest BCUT2D eigenvalue weighted by atomic mass is 10.1. The fourth-order valence-corrected chi connectivity index (χ4v) is 2.77. The number of fused-ring (bicyclic) bond motifs is 1. The molecule has 5 heteroatoms. The molecule has 0 aliphatic carbocycles. The molecule has 0 spiro atoms. The Morgan fingerprint density at radius 1 is 1.17 bits per heavy atom. The van der Waals surface area contributed by atoms with E-state index in [1.807, 2.05) is 19.1 Å². The van der Waals surface area contributed by atoms with Crippen molar-refractivity contribution in [3.8, 4) is 0 Å². The SMILES string of the molecule is CCN(CC)c1ccc(NC(=O)c2ccc3ocnc3c2)c(C)c1.